The van der Waals surface area contributed by atoms with Crippen molar-refractivity contribution in [2.45, 2.75) is 0 Å². The normalized spacial score (nSPS) is 9.95. The average Bonchev–Trinajstić information content (AvgIpc) is 2.90. The molecule has 0 radical (unpaired) electrons. The van der Waals surface area contributed by atoms with Gasteiger partial charge in [-0.15, -0.1) is 0 Å². The molecule has 1 aromatic carbocycles. The number of nitrogen functional groups attached to an aromatic ring is 1. The lowest BCUT2D eigenvalue weighted by atomic mass is 10.1. The number of nitrogens with one attached hydrogen (secondary N) is 2. The van der Waals surface area contributed by atoms with Gasteiger partial charge in [0.2, 0.25) is 0 Å². The molecule has 0 unspecified atom stereocenters. The molecule has 0 atom stereocenters. The van der Waals surface area contributed by atoms with Gasteiger partial charge in [0.25, 0.3) is 11.6 Å². The van der Waals surface area contributed by atoms with Gasteiger partial charge in [-0.05, 0) is 6.07 Å². The van der Waals surface area contributed by atoms with Gasteiger partial charge in [-0.1, -0.05) is 5.16 Å². The number of amides is 1. The van der Waals surface area contributed by atoms with E-state index in [1.165, 1.54) is 24.5 Å². The minimum atomic E-state index is -0.604. The van der Waals surface area contributed by atoms with Crippen LogP contribution in [0.2, 0.25) is 0 Å². The number of aromatic nitrogens is 1. The number of hydrazine groups is 1. The minimum absolute atomic E-state index is 0.0275. The maximum atomic E-state index is 12.0. The molecule has 0 aliphatic rings. The van der Waals surface area contributed by atoms with E-state index in [9.17, 15) is 14.9 Å². The second-order valence-electron chi connectivity index (χ2n) is 3.47. The molecule has 1 aromatic heterocycles. The van der Waals surface area contributed by atoms with Crippen LogP contribution in [0.5, 0.6) is 0 Å². The zero-order valence-corrected chi connectivity index (χ0v) is 9.49. The van der Waals surface area contributed by atoms with Crippen molar-refractivity contribution in [3.05, 3.63) is 46.2 Å². The largest absolute Gasteiger partial charge is 0.363 e. The highest BCUT2D eigenvalue weighted by Crippen LogP contribution is 2.22. The second-order valence-corrected chi connectivity index (χ2v) is 3.47. The highest BCUT2D eigenvalue weighted by atomic mass is 16.6. The third kappa shape index (κ3) is 2.66. The van der Waals surface area contributed by atoms with Gasteiger partial charge >= 0.3 is 0 Å². The van der Waals surface area contributed by atoms with Gasteiger partial charge in [0.1, 0.15) is 6.26 Å². The van der Waals surface area contributed by atoms with E-state index >= 15 is 0 Å². The third-order valence-corrected chi connectivity index (χ3v) is 2.29. The predicted octanol–water partition coefficient (Wildman–Crippen LogP) is 1.12. The number of nitrogens with zero attached hydrogens (tertiary/aromatic N) is 2. The van der Waals surface area contributed by atoms with Crippen molar-refractivity contribution in [2.75, 3.05) is 10.7 Å². The van der Waals surface area contributed by atoms with Crippen molar-refractivity contribution in [1.29, 1.82) is 0 Å². The van der Waals surface area contributed by atoms with Crippen LogP contribution >= 0.6 is 0 Å². The van der Waals surface area contributed by atoms with Gasteiger partial charge in [-0.25, -0.2) is 0 Å². The van der Waals surface area contributed by atoms with Gasteiger partial charge in [0.05, 0.1) is 16.2 Å². The molecule has 19 heavy (non-hydrogen) atoms. The summed E-state index contributed by atoms with van der Waals surface area (Å²) in [4.78, 5) is 22.0. The van der Waals surface area contributed by atoms with E-state index in [4.69, 9.17) is 5.84 Å². The Bertz CT molecular complexity index is 610. The standard InChI is InChI=1S/C10H9N5O4/c11-13-8-2-1-6(15(17)18)5-7(8)10(16)12-9-3-4-19-14-9/h1-5,13H,11H2,(H,12,14,16). The van der Waals surface area contributed by atoms with Crippen LogP contribution in [0.3, 0.4) is 0 Å². The van der Waals surface area contributed by atoms with Crippen LogP contribution in [0.4, 0.5) is 17.2 Å². The number of carbonyl (C=O) groups is 1. The topological polar surface area (TPSA) is 136 Å². The number of hydrogen-bond donors (Lipinski definition) is 3. The highest BCUT2D eigenvalue weighted by Gasteiger charge is 2.17. The molecule has 98 valence electrons. The van der Waals surface area contributed by atoms with Crippen LogP contribution in [-0.2, 0) is 0 Å². The van der Waals surface area contributed by atoms with E-state index in [-0.39, 0.29) is 22.8 Å². The summed E-state index contributed by atoms with van der Waals surface area (Å²) in [6, 6.07) is 5.13. The van der Waals surface area contributed by atoms with Crippen LogP contribution in [-0.4, -0.2) is 16.0 Å². The van der Waals surface area contributed by atoms with Crippen molar-refractivity contribution < 1.29 is 14.2 Å². The number of hydrogen-bond acceptors (Lipinski definition) is 7. The van der Waals surface area contributed by atoms with Crippen molar-refractivity contribution in [3.8, 4) is 0 Å². The van der Waals surface area contributed by atoms with Crippen molar-refractivity contribution in [2.24, 2.45) is 5.84 Å². The molecule has 9 nitrogen and oxygen atoms in total. The van der Waals surface area contributed by atoms with Gasteiger partial charge < -0.3 is 15.3 Å². The molecule has 2 aromatic rings. The second kappa shape index (κ2) is 5.14. The number of non-ortho nitro benzene ring substituents is 1. The predicted molar refractivity (Wildman–Crippen MR) is 65.4 cm³/mol. The van der Waals surface area contributed by atoms with Crippen LogP contribution in [0.1, 0.15) is 10.4 Å². The molecular formula is C10H9N5O4. The van der Waals surface area contributed by atoms with Crippen molar-refractivity contribution >= 4 is 23.1 Å². The third-order valence-electron chi connectivity index (χ3n) is 2.29. The number of carbonyl (C=O) groups excluding carboxylic acids is 1. The zero-order valence-electron chi connectivity index (χ0n) is 9.49. The number of nitrogens with two attached hydrogens (primary N) is 1. The van der Waals surface area contributed by atoms with E-state index in [2.05, 4.69) is 20.4 Å². The molecule has 0 fully saturated rings. The molecule has 1 amide bonds. The van der Waals surface area contributed by atoms with E-state index in [0.717, 1.165) is 6.07 Å². The first kappa shape index (κ1) is 12.5. The number of nitro groups is 1. The molecule has 4 N–H and O–H groups in total. The molecule has 0 aliphatic heterocycles. The molecule has 0 saturated heterocycles. The van der Waals surface area contributed by atoms with Crippen molar-refractivity contribution in [1.82, 2.24) is 5.16 Å². The van der Waals surface area contributed by atoms with Gasteiger partial charge in [-0.3, -0.25) is 20.8 Å². The summed E-state index contributed by atoms with van der Waals surface area (Å²) >= 11 is 0. The summed E-state index contributed by atoms with van der Waals surface area (Å²) < 4.78 is 4.56. The fraction of sp³-hybridized carbons (Fsp3) is 0. The van der Waals surface area contributed by atoms with E-state index in [1.54, 1.807) is 0 Å². The molecule has 9 heteroatoms. The fourth-order valence-corrected chi connectivity index (χ4v) is 1.42. The minimum Gasteiger partial charge on any atom is -0.363 e. The maximum Gasteiger partial charge on any atom is 0.270 e. The fourth-order valence-electron chi connectivity index (χ4n) is 1.42. The molecule has 1 heterocycles. The summed E-state index contributed by atoms with van der Waals surface area (Å²) in [6.45, 7) is 0. The number of anilines is 2. The Morgan fingerprint density at radius 2 is 2.21 bits per heavy atom. The highest BCUT2D eigenvalue weighted by molar-refractivity contribution is 6.08. The monoisotopic (exact) mass is 263 g/mol. The van der Waals surface area contributed by atoms with Crippen LogP contribution in [0, 0.1) is 10.1 Å². The Hall–Kier alpha value is -2.94. The Kier molecular flexibility index (Phi) is 3.39. The SMILES string of the molecule is NNc1ccc([N+](=O)[O-])cc1C(=O)Nc1ccon1. The Morgan fingerprint density at radius 1 is 1.42 bits per heavy atom. The summed E-state index contributed by atoms with van der Waals surface area (Å²) in [5.41, 5.74) is 2.36. The van der Waals surface area contributed by atoms with Gasteiger partial charge in [0, 0.05) is 18.2 Å². The summed E-state index contributed by atoms with van der Waals surface area (Å²) in [5, 5.41) is 16.6. The van der Waals surface area contributed by atoms with Crippen molar-refractivity contribution in [3.63, 3.8) is 0 Å². The number of benzene rings is 1. The quantitative estimate of drug-likeness (QED) is 0.427. The number of nitro benzene ring substituents is 1. The molecule has 0 spiro atoms. The summed E-state index contributed by atoms with van der Waals surface area (Å²) in [7, 11) is 0. The first-order chi connectivity index (χ1) is 9.11. The van der Waals surface area contributed by atoms with Crippen LogP contribution in [0.15, 0.2) is 35.1 Å². The molecule has 0 aliphatic carbocycles. The molecular weight excluding hydrogens is 254 g/mol. The Balaban J connectivity index is 2.33. The lowest BCUT2D eigenvalue weighted by Crippen LogP contribution is -2.17. The van der Waals surface area contributed by atoms with E-state index in [0.29, 0.717) is 0 Å². The van der Waals surface area contributed by atoms with E-state index < -0.39 is 10.8 Å². The molecule has 2 rings (SSSR count). The van der Waals surface area contributed by atoms with Crippen LogP contribution in [0.25, 0.3) is 0 Å². The summed E-state index contributed by atoms with van der Waals surface area (Å²) in [6.07, 6.45) is 1.28. The smallest absolute Gasteiger partial charge is 0.270 e. The Morgan fingerprint density at radius 3 is 2.79 bits per heavy atom. The lowest BCUT2D eigenvalue weighted by molar-refractivity contribution is -0.384. The Labute approximate surface area is 106 Å². The number of rotatable bonds is 4. The maximum absolute atomic E-state index is 12.0. The first-order valence-corrected chi connectivity index (χ1v) is 5.08. The zero-order chi connectivity index (χ0) is 13.8. The van der Waals surface area contributed by atoms with Gasteiger partial charge in [0.15, 0.2) is 5.82 Å². The van der Waals surface area contributed by atoms with Crippen LogP contribution < -0.4 is 16.6 Å². The average molecular weight is 263 g/mol. The first-order valence-electron chi connectivity index (χ1n) is 5.08. The lowest BCUT2D eigenvalue weighted by Gasteiger charge is -2.07. The molecule has 0 saturated carbocycles. The van der Waals surface area contributed by atoms with Gasteiger partial charge in [-0.2, -0.15) is 0 Å². The van der Waals surface area contributed by atoms with E-state index in [1.807, 2.05) is 0 Å². The molecule has 0 bridgehead atoms. The summed E-state index contributed by atoms with van der Waals surface area (Å²) in [5.74, 6) is 4.86.